The minimum absolute atomic E-state index is 0.127. The number of para-hydroxylation sites is 1. The standard InChI is InChI=1S/C9H9N5O/c10-8(11)13-7-5-3-1-2-4-6(5)12-9(15)14-7/h1-4H,(H5,10,11,12,13,14,15). The van der Waals surface area contributed by atoms with Gasteiger partial charge in [0.1, 0.15) is 0 Å². The van der Waals surface area contributed by atoms with Crippen molar-refractivity contribution < 1.29 is 0 Å². The molecule has 5 N–H and O–H groups in total. The summed E-state index contributed by atoms with van der Waals surface area (Å²) in [5.74, 6) is 0.104. The molecule has 2 aromatic rings. The van der Waals surface area contributed by atoms with Crippen molar-refractivity contribution in [3.05, 3.63) is 34.7 Å². The number of H-pyrrole nitrogens is 1. The summed E-state index contributed by atoms with van der Waals surface area (Å²) < 4.78 is 0. The van der Waals surface area contributed by atoms with Crippen molar-refractivity contribution in [3.63, 3.8) is 0 Å². The van der Waals surface area contributed by atoms with Crippen LogP contribution in [0.25, 0.3) is 10.9 Å². The lowest BCUT2D eigenvalue weighted by molar-refractivity contribution is 1.11. The van der Waals surface area contributed by atoms with E-state index in [1.165, 1.54) is 0 Å². The highest BCUT2D eigenvalue weighted by Gasteiger charge is 2.02. The molecule has 0 aliphatic rings. The van der Waals surface area contributed by atoms with Gasteiger partial charge in [-0.2, -0.15) is 9.98 Å². The summed E-state index contributed by atoms with van der Waals surface area (Å²) in [7, 11) is 0. The minimum Gasteiger partial charge on any atom is -0.370 e. The number of benzene rings is 1. The predicted molar refractivity (Wildman–Crippen MR) is 57.8 cm³/mol. The molecule has 6 heteroatoms. The summed E-state index contributed by atoms with van der Waals surface area (Å²) >= 11 is 0. The lowest BCUT2D eigenvalue weighted by Crippen LogP contribution is -2.22. The first-order valence-electron chi connectivity index (χ1n) is 4.25. The van der Waals surface area contributed by atoms with E-state index in [0.717, 1.165) is 0 Å². The number of nitrogens with zero attached hydrogens (tertiary/aromatic N) is 2. The fraction of sp³-hybridized carbons (Fsp3) is 0. The number of hydrogen-bond acceptors (Lipinski definition) is 3. The zero-order valence-corrected chi connectivity index (χ0v) is 7.77. The smallest absolute Gasteiger partial charge is 0.347 e. The highest BCUT2D eigenvalue weighted by Crippen LogP contribution is 2.19. The lowest BCUT2D eigenvalue weighted by atomic mass is 10.2. The normalized spacial score (nSPS) is 10.1. The van der Waals surface area contributed by atoms with Crippen molar-refractivity contribution >= 4 is 22.7 Å². The van der Waals surface area contributed by atoms with Crippen LogP contribution < -0.4 is 17.2 Å². The zero-order chi connectivity index (χ0) is 10.8. The molecule has 1 heterocycles. The number of hydrogen-bond donors (Lipinski definition) is 3. The quantitative estimate of drug-likeness (QED) is 0.441. The molecule has 0 aliphatic heterocycles. The van der Waals surface area contributed by atoms with Crippen LogP contribution in [-0.2, 0) is 0 Å². The SMILES string of the molecule is NC(N)=Nc1nc(=O)[nH]c2ccccc12. The number of rotatable bonds is 1. The first-order valence-corrected chi connectivity index (χ1v) is 4.25. The summed E-state index contributed by atoms with van der Waals surface area (Å²) in [6, 6.07) is 7.15. The van der Waals surface area contributed by atoms with Gasteiger partial charge in [-0.25, -0.2) is 4.79 Å². The Balaban J connectivity index is 2.83. The summed E-state index contributed by atoms with van der Waals surface area (Å²) in [6.45, 7) is 0. The van der Waals surface area contributed by atoms with Gasteiger partial charge in [-0.15, -0.1) is 0 Å². The van der Waals surface area contributed by atoms with E-state index in [1.807, 2.05) is 6.07 Å². The average Bonchev–Trinajstić information content (AvgIpc) is 2.16. The van der Waals surface area contributed by atoms with Crippen LogP contribution in [0.1, 0.15) is 0 Å². The second-order valence-electron chi connectivity index (χ2n) is 2.95. The molecule has 0 fully saturated rings. The topological polar surface area (TPSA) is 110 Å². The Morgan fingerprint density at radius 3 is 2.80 bits per heavy atom. The molecule has 1 aromatic carbocycles. The second kappa shape index (κ2) is 3.41. The van der Waals surface area contributed by atoms with E-state index in [0.29, 0.717) is 10.9 Å². The third-order valence-corrected chi connectivity index (χ3v) is 1.85. The first-order chi connectivity index (χ1) is 7.16. The van der Waals surface area contributed by atoms with Gasteiger partial charge < -0.3 is 16.5 Å². The summed E-state index contributed by atoms with van der Waals surface area (Å²) in [4.78, 5) is 21.2. The molecule has 0 saturated heterocycles. The van der Waals surface area contributed by atoms with Crippen LogP contribution in [0.4, 0.5) is 5.82 Å². The maximum absolute atomic E-state index is 11.2. The van der Waals surface area contributed by atoms with Crippen molar-refractivity contribution in [2.24, 2.45) is 16.5 Å². The van der Waals surface area contributed by atoms with Gasteiger partial charge in [0.25, 0.3) is 0 Å². The summed E-state index contributed by atoms with van der Waals surface area (Å²) in [5.41, 5.74) is 10.7. The van der Waals surface area contributed by atoms with Crippen LogP contribution in [0.2, 0.25) is 0 Å². The van der Waals surface area contributed by atoms with Crippen LogP contribution in [-0.4, -0.2) is 15.9 Å². The number of nitrogens with one attached hydrogen (secondary N) is 1. The fourth-order valence-electron chi connectivity index (χ4n) is 1.29. The molecule has 76 valence electrons. The molecule has 2 rings (SSSR count). The Morgan fingerprint density at radius 1 is 1.33 bits per heavy atom. The predicted octanol–water partition coefficient (Wildman–Crippen LogP) is -0.172. The number of aromatic amines is 1. The molecular formula is C9H9N5O. The Morgan fingerprint density at radius 2 is 2.07 bits per heavy atom. The van der Waals surface area contributed by atoms with Crippen molar-refractivity contribution in [1.82, 2.24) is 9.97 Å². The van der Waals surface area contributed by atoms with Crippen molar-refractivity contribution in [3.8, 4) is 0 Å². The van der Waals surface area contributed by atoms with E-state index in [9.17, 15) is 4.79 Å². The highest BCUT2D eigenvalue weighted by atomic mass is 16.1. The third-order valence-electron chi connectivity index (χ3n) is 1.85. The van der Waals surface area contributed by atoms with Crippen LogP contribution in [0, 0.1) is 0 Å². The number of guanidine groups is 1. The van der Waals surface area contributed by atoms with Crippen molar-refractivity contribution in [2.45, 2.75) is 0 Å². The summed E-state index contributed by atoms with van der Waals surface area (Å²) in [5, 5.41) is 0.700. The Labute approximate surface area is 84.7 Å². The molecule has 0 bridgehead atoms. The van der Waals surface area contributed by atoms with Gasteiger partial charge in [0.2, 0.25) is 0 Å². The zero-order valence-electron chi connectivity index (χ0n) is 7.77. The van der Waals surface area contributed by atoms with Crippen molar-refractivity contribution in [1.29, 1.82) is 0 Å². The van der Waals surface area contributed by atoms with Crippen LogP contribution >= 0.6 is 0 Å². The van der Waals surface area contributed by atoms with Gasteiger partial charge in [0, 0.05) is 5.39 Å². The molecule has 0 spiro atoms. The largest absolute Gasteiger partial charge is 0.370 e. The van der Waals surface area contributed by atoms with Crippen molar-refractivity contribution in [2.75, 3.05) is 0 Å². The Bertz CT molecular complexity index is 582. The van der Waals surface area contributed by atoms with E-state index in [4.69, 9.17) is 11.5 Å². The van der Waals surface area contributed by atoms with Gasteiger partial charge in [0.05, 0.1) is 5.52 Å². The molecule has 0 saturated carbocycles. The second-order valence-corrected chi connectivity index (χ2v) is 2.95. The van der Waals surface area contributed by atoms with Gasteiger partial charge in [-0.3, -0.25) is 0 Å². The number of aromatic nitrogens is 2. The molecule has 0 radical (unpaired) electrons. The monoisotopic (exact) mass is 203 g/mol. The number of fused-ring (bicyclic) bond motifs is 1. The fourth-order valence-corrected chi connectivity index (χ4v) is 1.29. The maximum atomic E-state index is 11.2. The van der Waals surface area contributed by atoms with Gasteiger partial charge in [-0.1, -0.05) is 12.1 Å². The van der Waals surface area contributed by atoms with Crippen LogP contribution in [0.3, 0.4) is 0 Å². The van der Waals surface area contributed by atoms with E-state index in [-0.39, 0.29) is 11.8 Å². The van der Waals surface area contributed by atoms with Crippen LogP contribution in [0.15, 0.2) is 34.1 Å². The Kier molecular flexibility index (Phi) is 2.09. The van der Waals surface area contributed by atoms with Gasteiger partial charge >= 0.3 is 5.69 Å². The van der Waals surface area contributed by atoms with Gasteiger partial charge in [0.15, 0.2) is 11.8 Å². The molecule has 6 nitrogen and oxygen atoms in total. The lowest BCUT2D eigenvalue weighted by Gasteiger charge is -1.99. The van der Waals surface area contributed by atoms with Crippen LogP contribution in [0.5, 0.6) is 0 Å². The third kappa shape index (κ3) is 1.78. The summed E-state index contributed by atoms with van der Waals surface area (Å²) in [6.07, 6.45) is 0. The van der Waals surface area contributed by atoms with E-state index in [1.54, 1.807) is 18.2 Å². The molecule has 0 unspecified atom stereocenters. The minimum atomic E-state index is -0.478. The highest BCUT2D eigenvalue weighted by molar-refractivity contribution is 5.90. The molecular weight excluding hydrogens is 194 g/mol. The van der Waals surface area contributed by atoms with E-state index in [2.05, 4.69) is 15.0 Å². The van der Waals surface area contributed by atoms with E-state index >= 15 is 0 Å². The number of nitrogens with two attached hydrogens (primary N) is 2. The average molecular weight is 203 g/mol. The molecule has 0 amide bonds. The van der Waals surface area contributed by atoms with E-state index < -0.39 is 5.69 Å². The maximum Gasteiger partial charge on any atom is 0.347 e. The number of aliphatic imine (C=N–C) groups is 1. The Hall–Kier alpha value is -2.37. The molecule has 0 aliphatic carbocycles. The van der Waals surface area contributed by atoms with Gasteiger partial charge in [-0.05, 0) is 12.1 Å². The molecule has 0 atom stereocenters. The first kappa shape index (κ1) is 9.20. The molecule has 15 heavy (non-hydrogen) atoms. The molecule has 1 aromatic heterocycles.